The number of likely N-dealkylation sites (N-methyl/N-ethyl adjacent to an activating group) is 1. The zero-order chi connectivity index (χ0) is 11.5. The van der Waals surface area contributed by atoms with Crippen molar-refractivity contribution in [3.8, 4) is 11.8 Å². The molecule has 0 N–H and O–H groups in total. The van der Waals surface area contributed by atoms with Gasteiger partial charge in [-0.05, 0) is 26.4 Å². The molecule has 0 aromatic carbocycles. The van der Waals surface area contributed by atoms with Crippen LogP contribution in [-0.4, -0.2) is 43.5 Å². The van der Waals surface area contributed by atoms with E-state index in [0.29, 0.717) is 13.2 Å². The normalized spacial score (nSPS) is 20.1. The Labute approximate surface area is 91.8 Å². The van der Waals surface area contributed by atoms with E-state index in [-0.39, 0.29) is 17.2 Å². The Morgan fingerprint density at radius 1 is 1.53 bits per heavy atom. The van der Waals surface area contributed by atoms with Crippen molar-refractivity contribution in [1.29, 1.82) is 0 Å². The minimum Gasteiger partial charge on any atom is -0.375 e. The quantitative estimate of drug-likeness (QED) is 0.511. The summed E-state index contributed by atoms with van der Waals surface area (Å²) in [5.41, 5.74) is -0.233. The Morgan fingerprint density at radius 2 is 2.13 bits per heavy atom. The summed E-state index contributed by atoms with van der Waals surface area (Å²) in [6.07, 6.45) is 0.846. The van der Waals surface area contributed by atoms with Gasteiger partial charge in [0.05, 0.1) is 13.2 Å². The lowest BCUT2D eigenvalue weighted by atomic mass is 9.95. The molecule has 0 radical (unpaired) electrons. The van der Waals surface area contributed by atoms with Gasteiger partial charge in [-0.25, -0.2) is 0 Å². The maximum absolute atomic E-state index is 11.6. The van der Waals surface area contributed by atoms with E-state index in [1.54, 1.807) is 0 Å². The highest BCUT2D eigenvalue weighted by molar-refractivity contribution is 5.97. The lowest BCUT2D eigenvalue weighted by Crippen LogP contribution is -2.58. The van der Waals surface area contributed by atoms with Gasteiger partial charge >= 0.3 is 0 Å². The number of carbonyl (C=O) groups is 1. The average Bonchev–Trinajstić information content (AvgIpc) is 2.14. The molecule has 0 saturated carbocycles. The number of Topliss-reactive ketones (excluding diaryl/α,β-unsaturated/α-hetero) is 1. The Morgan fingerprint density at radius 3 is 2.47 bits per heavy atom. The number of ketones is 1. The van der Waals surface area contributed by atoms with Crippen molar-refractivity contribution < 1.29 is 9.53 Å². The molecule has 1 saturated heterocycles. The van der Waals surface area contributed by atoms with Crippen LogP contribution in [0.5, 0.6) is 0 Å². The molecular weight excluding hydrogens is 190 g/mol. The molecule has 84 valence electrons. The molecule has 0 spiro atoms. The number of hydrogen-bond donors (Lipinski definition) is 0. The summed E-state index contributed by atoms with van der Waals surface area (Å²) >= 11 is 0. The van der Waals surface area contributed by atoms with Gasteiger partial charge in [0.25, 0.3) is 0 Å². The molecule has 1 unspecified atom stereocenters. The second-order valence-electron chi connectivity index (χ2n) is 4.34. The van der Waals surface area contributed by atoms with Crippen LogP contribution in [0.4, 0.5) is 0 Å². The summed E-state index contributed by atoms with van der Waals surface area (Å²) in [6.45, 7) is 5.11. The second kappa shape index (κ2) is 4.78. The molecular formula is C12H19NO2. The minimum absolute atomic E-state index is 0.0330. The van der Waals surface area contributed by atoms with Crippen molar-refractivity contribution in [1.82, 2.24) is 4.90 Å². The number of nitrogens with zero attached hydrogens (tertiary/aromatic N) is 1. The zero-order valence-corrected chi connectivity index (χ0v) is 9.96. The highest BCUT2D eigenvalue weighted by Gasteiger charge is 2.39. The lowest BCUT2D eigenvalue weighted by Gasteiger charge is -2.42. The first kappa shape index (κ1) is 12.2. The first-order valence-electron chi connectivity index (χ1n) is 5.34. The van der Waals surface area contributed by atoms with Gasteiger partial charge in [0.15, 0.2) is 0 Å². The van der Waals surface area contributed by atoms with E-state index >= 15 is 0 Å². The Bertz CT molecular complexity index is 294. The van der Waals surface area contributed by atoms with Crippen LogP contribution in [0.15, 0.2) is 0 Å². The van der Waals surface area contributed by atoms with Gasteiger partial charge in [0.2, 0.25) is 5.78 Å². The predicted molar refractivity (Wildman–Crippen MR) is 59.5 cm³/mol. The molecule has 0 aliphatic carbocycles. The lowest BCUT2D eigenvalue weighted by molar-refractivity contribution is -0.117. The molecule has 1 rings (SSSR count). The summed E-state index contributed by atoms with van der Waals surface area (Å²) in [6, 6.07) is 0. The molecule has 1 aliphatic rings. The molecule has 1 heterocycles. The zero-order valence-electron chi connectivity index (χ0n) is 9.96. The van der Waals surface area contributed by atoms with E-state index in [2.05, 4.69) is 11.8 Å². The number of ether oxygens (including phenoxy) is 1. The predicted octanol–water partition coefficient (Wildman–Crippen LogP) is 0.936. The molecule has 0 aromatic rings. The van der Waals surface area contributed by atoms with Crippen molar-refractivity contribution in [3.63, 3.8) is 0 Å². The molecule has 0 bridgehead atoms. The van der Waals surface area contributed by atoms with Crippen molar-refractivity contribution in [3.05, 3.63) is 0 Å². The molecule has 0 aromatic heterocycles. The molecule has 1 atom stereocenters. The standard InChI is InChI=1S/C12H19NO2/c1-5-10(2)11(14)6-7-12(13(3)4)8-15-9-12/h10H,5,8-9H2,1-4H3. The van der Waals surface area contributed by atoms with Crippen molar-refractivity contribution in [2.24, 2.45) is 5.92 Å². The molecule has 3 nitrogen and oxygen atoms in total. The van der Waals surface area contributed by atoms with Crippen LogP contribution in [0.25, 0.3) is 0 Å². The summed E-state index contributed by atoms with van der Waals surface area (Å²) in [5.74, 6) is 5.87. The summed E-state index contributed by atoms with van der Waals surface area (Å²) in [7, 11) is 3.93. The van der Waals surface area contributed by atoms with E-state index in [0.717, 1.165) is 6.42 Å². The third-order valence-corrected chi connectivity index (χ3v) is 3.02. The SMILES string of the molecule is CCC(C)C(=O)C#CC1(N(C)C)COC1. The largest absolute Gasteiger partial charge is 0.375 e. The van der Waals surface area contributed by atoms with E-state index in [1.807, 2.05) is 32.8 Å². The number of carbonyl (C=O) groups excluding carboxylic acids is 1. The highest BCUT2D eigenvalue weighted by Crippen LogP contribution is 2.21. The maximum atomic E-state index is 11.6. The average molecular weight is 209 g/mol. The van der Waals surface area contributed by atoms with Crippen molar-refractivity contribution in [2.45, 2.75) is 25.8 Å². The summed E-state index contributed by atoms with van der Waals surface area (Å²) in [5, 5.41) is 0. The molecule has 15 heavy (non-hydrogen) atoms. The topological polar surface area (TPSA) is 29.5 Å². The van der Waals surface area contributed by atoms with Gasteiger partial charge in [-0.15, -0.1) is 0 Å². The van der Waals surface area contributed by atoms with Crippen LogP contribution in [0.2, 0.25) is 0 Å². The maximum Gasteiger partial charge on any atom is 0.208 e. The highest BCUT2D eigenvalue weighted by atomic mass is 16.5. The van der Waals surface area contributed by atoms with Gasteiger partial charge in [-0.2, -0.15) is 0 Å². The van der Waals surface area contributed by atoms with E-state index in [9.17, 15) is 4.79 Å². The molecule has 1 aliphatic heterocycles. The third kappa shape index (κ3) is 2.58. The van der Waals surface area contributed by atoms with Gasteiger partial charge in [-0.1, -0.05) is 19.8 Å². The second-order valence-corrected chi connectivity index (χ2v) is 4.34. The van der Waals surface area contributed by atoms with Gasteiger partial charge in [0.1, 0.15) is 5.54 Å². The molecule has 0 amide bonds. The van der Waals surface area contributed by atoms with Crippen molar-refractivity contribution >= 4 is 5.78 Å². The Hall–Kier alpha value is -0.850. The number of hydrogen-bond acceptors (Lipinski definition) is 3. The Kier molecular flexibility index (Phi) is 3.90. The van der Waals surface area contributed by atoms with Gasteiger partial charge < -0.3 is 4.74 Å². The fourth-order valence-electron chi connectivity index (χ4n) is 1.22. The fraction of sp³-hybridized carbons (Fsp3) is 0.750. The smallest absolute Gasteiger partial charge is 0.208 e. The molecule has 3 heteroatoms. The van der Waals surface area contributed by atoms with E-state index in [4.69, 9.17) is 4.74 Å². The van der Waals surface area contributed by atoms with Crippen LogP contribution < -0.4 is 0 Å². The van der Waals surface area contributed by atoms with Crippen LogP contribution in [0.3, 0.4) is 0 Å². The minimum atomic E-state index is -0.233. The van der Waals surface area contributed by atoms with E-state index < -0.39 is 0 Å². The summed E-state index contributed by atoms with van der Waals surface area (Å²) in [4.78, 5) is 13.6. The first-order chi connectivity index (χ1) is 7.02. The van der Waals surface area contributed by atoms with Gasteiger partial charge in [-0.3, -0.25) is 9.69 Å². The summed E-state index contributed by atoms with van der Waals surface area (Å²) < 4.78 is 5.16. The van der Waals surface area contributed by atoms with Crippen LogP contribution in [-0.2, 0) is 9.53 Å². The van der Waals surface area contributed by atoms with E-state index in [1.165, 1.54) is 0 Å². The first-order valence-corrected chi connectivity index (χ1v) is 5.34. The third-order valence-electron chi connectivity index (χ3n) is 3.02. The van der Waals surface area contributed by atoms with Crippen LogP contribution in [0, 0.1) is 17.8 Å². The fourth-order valence-corrected chi connectivity index (χ4v) is 1.22. The van der Waals surface area contributed by atoms with Crippen LogP contribution >= 0.6 is 0 Å². The van der Waals surface area contributed by atoms with Gasteiger partial charge in [0, 0.05) is 5.92 Å². The molecule has 1 fully saturated rings. The number of rotatable bonds is 3. The van der Waals surface area contributed by atoms with Crippen LogP contribution in [0.1, 0.15) is 20.3 Å². The Balaban J connectivity index is 2.67. The monoisotopic (exact) mass is 209 g/mol. The van der Waals surface area contributed by atoms with Crippen molar-refractivity contribution in [2.75, 3.05) is 27.3 Å².